The number of sulfonamides is 1. The summed E-state index contributed by atoms with van der Waals surface area (Å²) in [5, 5.41) is 10.5. The van der Waals surface area contributed by atoms with Gasteiger partial charge in [0.15, 0.2) is 0 Å². The Bertz CT molecular complexity index is 902. The fraction of sp³-hybridized carbons (Fsp3) is 0.471. The number of rotatable bonds is 4. The topological polar surface area (TPSA) is 105 Å². The summed E-state index contributed by atoms with van der Waals surface area (Å²) < 4.78 is 30.2. The zero-order chi connectivity index (χ0) is 18.9. The molecule has 8 nitrogen and oxygen atoms in total. The number of nitrogens with zero attached hydrogens (tertiary/aromatic N) is 3. The quantitative estimate of drug-likeness (QED) is 0.872. The molecule has 1 aliphatic rings. The minimum Gasteiger partial charge on any atom is -0.403 e. The molecule has 1 unspecified atom stereocenters. The summed E-state index contributed by atoms with van der Waals surface area (Å²) in [6.45, 7) is 4.57. The molecule has 1 aliphatic heterocycles. The van der Waals surface area contributed by atoms with E-state index in [1.54, 1.807) is 0 Å². The Morgan fingerprint density at radius 1 is 1.23 bits per heavy atom. The maximum absolute atomic E-state index is 12.4. The number of aromatic nitrogens is 2. The van der Waals surface area contributed by atoms with Crippen LogP contribution in [0.1, 0.15) is 24.0 Å². The van der Waals surface area contributed by atoms with Gasteiger partial charge in [-0.2, -0.15) is 0 Å². The molecule has 9 heteroatoms. The molecule has 0 saturated carbocycles. The molecule has 1 aromatic heterocycles. The summed E-state index contributed by atoms with van der Waals surface area (Å²) in [5.41, 5.74) is 2.94. The third-order valence-electron chi connectivity index (χ3n) is 4.35. The van der Waals surface area contributed by atoms with Gasteiger partial charge in [0.1, 0.15) is 0 Å². The van der Waals surface area contributed by atoms with Crippen LogP contribution >= 0.6 is 0 Å². The SMILES string of the molecule is Cc1cc(C)cc(-c2nnc(NC(=O)C3CCCN(S(C)(=O)=O)C3)o2)c1. The summed E-state index contributed by atoms with van der Waals surface area (Å²) >= 11 is 0. The maximum Gasteiger partial charge on any atom is 0.322 e. The van der Waals surface area contributed by atoms with Crippen LogP contribution in [-0.2, 0) is 14.8 Å². The minimum atomic E-state index is -3.30. The Labute approximate surface area is 152 Å². The van der Waals surface area contributed by atoms with Crippen LogP contribution in [-0.4, -0.2) is 48.2 Å². The number of carbonyl (C=O) groups excluding carboxylic acids is 1. The first kappa shape index (κ1) is 18.5. The first-order valence-electron chi connectivity index (χ1n) is 8.40. The smallest absolute Gasteiger partial charge is 0.322 e. The van der Waals surface area contributed by atoms with Gasteiger partial charge in [-0.15, -0.1) is 5.10 Å². The van der Waals surface area contributed by atoms with Gasteiger partial charge in [-0.25, -0.2) is 12.7 Å². The van der Waals surface area contributed by atoms with E-state index in [1.807, 2.05) is 32.0 Å². The Morgan fingerprint density at radius 3 is 2.58 bits per heavy atom. The Balaban J connectivity index is 1.70. The average molecular weight is 378 g/mol. The van der Waals surface area contributed by atoms with E-state index in [2.05, 4.69) is 15.5 Å². The molecule has 0 radical (unpaired) electrons. The molecule has 2 heterocycles. The van der Waals surface area contributed by atoms with Crippen LogP contribution < -0.4 is 5.32 Å². The lowest BCUT2D eigenvalue weighted by atomic mass is 9.99. The Morgan fingerprint density at radius 2 is 1.92 bits per heavy atom. The summed E-state index contributed by atoms with van der Waals surface area (Å²) in [5.74, 6) is -0.419. The van der Waals surface area contributed by atoms with E-state index in [-0.39, 0.29) is 18.5 Å². The van der Waals surface area contributed by atoms with E-state index in [1.165, 1.54) is 4.31 Å². The standard InChI is InChI=1S/C17H22N4O4S/c1-11-7-12(2)9-14(8-11)16-19-20-17(25-16)18-15(22)13-5-4-6-21(10-13)26(3,23)24/h7-9,13H,4-6,10H2,1-3H3,(H,18,20,22). The molecule has 140 valence electrons. The van der Waals surface area contributed by atoms with E-state index in [4.69, 9.17) is 4.42 Å². The highest BCUT2D eigenvalue weighted by atomic mass is 32.2. The number of aryl methyl sites for hydroxylation is 2. The van der Waals surface area contributed by atoms with Gasteiger partial charge < -0.3 is 4.42 Å². The second-order valence-electron chi connectivity index (χ2n) is 6.74. The predicted molar refractivity (Wildman–Crippen MR) is 97.0 cm³/mol. The van der Waals surface area contributed by atoms with Gasteiger partial charge in [0.05, 0.1) is 12.2 Å². The van der Waals surface area contributed by atoms with Crippen molar-refractivity contribution in [1.29, 1.82) is 0 Å². The van der Waals surface area contributed by atoms with Crippen molar-refractivity contribution < 1.29 is 17.6 Å². The van der Waals surface area contributed by atoms with Crippen molar-refractivity contribution in [2.24, 2.45) is 5.92 Å². The highest BCUT2D eigenvalue weighted by Crippen LogP contribution is 2.24. The summed E-state index contributed by atoms with van der Waals surface area (Å²) in [7, 11) is -3.30. The zero-order valence-electron chi connectivity index (χ0n) is 15.0. The second-order valence-corrected chi connectivity index (χ2v) is 8.72. The molecular weight excluding hydrogens is 356 g/mol. The van der Waals surface area contributed by atoms with Crippen LogP contribution in [0.3, 0.4) is 0 Å². The Kier molecular flexibility index (Phi) is 5.10. The number of amides is 1. The largest absolute Gasteiger partial charge is 0.403 e. The molecule has 0 aliphatic carbocycles. The predicted octanol–water partition coefficient (Wildman–Crippen LogP) is 1.96. The van der Waals surface area contributed by atoms with Crippen LogP contribution in [0.2, 0.25) is 0 Å². The molecule has 2 aromatic rings. The lowest BCUT2D eigenvalue weighted by molar-refractivity contribution is -0.121. The van der Waals surface area contributed by atoms with Crippen LogP contribution in [0.15, 0.2) is 22.6 Å². The molecule has 1 saturated heterocycles. The first-order valence-corrected chi connectivity index (χ1v) is 10.3. The average Bonchev–Trinajstić information content (AvgIpc) is 3.02. The summed E-state index contributed by atoms with van der Waals surface area (Å²) in [6.07, 6.45) is 2.42. The fourth-order valence-electron chi connectivity index (χ4n) is 3.15. The summed E-state index contributed by atoms with van der Waals surface area (Å²) in [6, 6.07) is 5.91. The van der Waals surface area contributed by atoms with Crippen molar-refractivity contribution in [2.75, 3.05) is 24.7 Å². The van der Waals surface area contributed by atoms with Crippen LogP contribution in [0.5, 0.6) is 0 Å². The lowest BCUT2D eigenvalue weighted by Gasteiger charge is -2.29. The highest BCUT2D eigenvalue weighted by molar-refractivity contribution is 7.88. The molecular formula is C17H22N4O4S. The fourth-order valence-corrected chi connectivity index (χ4v) is 4.07. The van der Waals surface area contributed by atoms with E-state index in [9.17, 15) is 13.2 Å². The van der Waals surface area contributed by atoms with Crippen LogP contribution in [0, 0.1) is 19.8 Å². The van der Waals surface area contributed by atoms with Crippen molar-refractivity contribution >= 4 is 21.9 Å². The molecule has 0 bridgehead atoms. The number of benzene rings is 1. The third-order valence-corrected chi connectivity index (χ3v) is 5.62. The van der Waals surface area contributed by atoms with Gasteiger partial charge in [0.2, 0.25) is 21.8 Å². The molecule has 1 amide bonds. The highest BCUT2D eigenvalue weighted by Gasteiger charge is 2.30. The van der Waals surface area contributed by atoms with Gasteiger partial charge in [-0.05, 0) is 38.8 Å². The zero-order valence-corrected chi connectivity index (χ0v) is 15.8. The molecule has 1 N–H and O–H groups in total. The number of piperidine rings is 1. The molecule has 1 fully saturated rings. The van der Waals surface area contributed by atoms with E-state index >= 15 is 0 Å². The van der Waals surface area contributed by atoms with Gasteiger partial charge in [0, 0.05) is 18.7 Å². The number of nitrogens with one attached hydrogen (secondary N) is 1. The molecule has 1 atom stereocenters. The number of carbonyl (C=O) groups is 1. The van der Waals surface area contributed by atoms with Gasteiger partial charge >= 0.3 is 6.01 Å². The summed E-state index contributed by atoms with van der Waals surface area (Å²) in [4.78, 5) is 12.4. The Hall–Kier alpha value is -2.26. The number of hydrogen-bond acceptors (Lipinski definition) is 6. The van der Waals surface area contributed by atoms with Crippen molar-refractivity contribution in [3.63, 3.8) is 0 Å². The van der Waals surface area contributed by atoms with E-state index in [0.29, 0.717) is 25.3 Å². The second kappa shape index (κ2) is 7.16. The number of anilines is 1. The lowest BCUT2D eigenvalue weighted by Crippen LogP contribution is -2.43. The number of hydrogen-bond donors (Lipinski definition) is 1. The van der Waals surface area contributed by atoms with Crippen LogP contribution in [0.25, 0.3) is 11.5 Å². The molecule has 0 spiro atoms. The monoisotopic (exact) mass is 378 g/mol. The molecule has 26 heavy (non-hydrogen) atoms. The third kappa shape index (κ3) is 4.28. The van der Waals surface area contributed by atoms with Crippen molar-refractivity contribution in [2.45, 2.75) is 26.7 Å². The maximum atomic E-state index is 12.4. The first-order chi connectivity index (χ1) is 12.2. The van der Waals surface area contributed by atoms with Crippen LogP contribution in [0.4, 0.5) is 6.01 Å². The normalized spacial score (nSPS) is 18.7. The van der Waals surface area contributed by atoms with Gasteiger partial charge in [0.25, 0.3) is 0 Å². The molecule has 3 rings (SSSR count). The van der Waals surface area contributed by atoms with E-state index < -0.39 is 15.9 Å². The van der Waals surface area contributed by atoms with Crippen molar-refractivity contribution in [1.82, 2.24) is 14.5 Å². The minimum absolute atomic E-state index is 0.0145. The van der Waals surface area contributed by atoms with Gasteiger partial charge in [-0.1, -0.05) is 22.3 Å². The molecule has 1 aromatic carbocycles. The van der Waals surface area contributed by atoms with E-state index in [0.717, 1.165) is 22.9 Å². The van der Waals surface area contributed by atoms with Crippen molar-refractivity contribution in [3.8, 4) is 11.5 Å². The van der Waals surface area contributed by atoms with Gasteiger partial charge in [-0.3, -0.25) is 10.1 Å². The van der Waals surface area contributed by atoms with Crippen molar-refractivity contribution in [3.05, 3.63) is 29.3 Å².